The topological polar surface area (TPSA) is 82.8 Å². The van der Waals surface area contributed by atoms with Gasteiger partial charge in [0.15, 0.2) is 0 Å². The minimum Gasteiger partial charge on any atom is -0.415 e. The predicted octanol–water partition coefficient (Wildman–Crippen LogP) is 3.31. The zero-order valence-corrected chi connectivity index (χ0v) is 18.6. The van der Waals surface area contributed by atoms with Gasteiger partial charge >= 0.3 is 16.6 Å². The van der Waals surface area contributed by atoms with Gasteiger partial charge in [-0.3, -0.25) is 4.31 Å². The van der Waals surface area contributed by atoms with E-state index in [1.165, 1.54) is 16.4 Å². The van der Waals surface area contributed by atoms with E-state index in [2.05, 4.69) is 10.2 Å². The maximum absolute atomic E-state index is 15.0. The lowest BCUT2D eigenvalue weighted by Gasteiger charge is -2.36. The van der Waals surface area contributed by atoms with E-state index in [9.17, 15) is 21.6 Å². The van der Waals surface area contributed by atoms with Gasteiger partial charge in [-0.25, -0.2) is 4.39 Å². The lowest BCUT2D eigenvalue weighted by atomic mass is 10.1. The molecule has 176 valence electrons. The first kappa shape index (κ1) is 23.2. The summed E-state index contributed by atoms with van der Waals surface area (Å²) in [5, 5.41) is 6.75. The summed E-state index contributed by atoms with van der Waals surface area (Å²) in [5.41, 5.74) is 0.621. The number of hydrogen-bond donors (Lipinski definition) is 0. The van der Waals surface area contributed by atoms with Crippen LogP contribution in [0.3, 0.4) is 0 Å². The number of halogens is 3. The van der Waals surface area contributed by atoms with Gasteiger partial charge in [-0.05, 0) is 31.3 Å². The van der Waals surface area contributed by atoms with Crippen LogP contribution in [-0.2, 0) is 16.8 Å². The van der Waals surface area contributed by atoms with Crippen LogP contribution in [0.15, 0.2) is 52.9 Å². The molecule has 0 atom stereocenters. The molecule has 1 aliphatic rings. The van der Waals surface area contributed by atoms with E-state index in [1.54, 1.807) is 30.3 Å². The number of nitrogens with zero attached hydrogens (tertiary/aromatic N) is 5. The predicted molar refractivity (Wildman–Crippen MR) is 115 cm³/mol. The van der Waals surface area contributed by atoms with Crippen LogP contribution in [-0.4, -0.2) is 61.0 Å². The molecule has 2 heterocycles. The first-order valence-corrected chi connectivity index (χ1v) is 11.6. The summed E-state index contributed by atoms with van der Waals surface area (Å²) in [6.45, 7) is 1.59. The van der Waals surface area contributed by atoms with Gasteiger partial charge in [0.1, 0.15) is 5.82 Å². The number of piperazine rings is 1. The molecule has 0 saturated carbocycles. The van der Waals surface area contributed by atoms with Gasteiger partial charge in [-0.2, -0.15) is 21.5 Å². The normalized spacial score (nSPS) is 15.8. The van der Waals surface area contributed by atoms with Crippen molar-refractivity contribution in [3.63, 3.8) is 0 Å². The molecule has 1 saturated heterocycles. The Bertz CT molecular complexity index is 1200. The van der Waals surface area contributed by atoms with Gasteiger partial charge in [-0.15, -0.1) is 10.2 Å². The van der Waals surface area contributed by atoms with E-state index >= 15 is 0 Å². The first-order valence-electron chi connectivity index (χ1n) is 10.2. The fraction of sp³-hybridized carbons (Fsp3) is 0.333. The van der Waals surface area contributed by atoms with Crippen molar-refractivity contribution in [2.75, 3.05) is 37.5 Å². The highest BCUT2D eigenvalue weighted by Gasteiger charge is 2.32. The summed E-state index contributed by atoms with van der Waals surface area (Å²) in [7, 11) is -2.01. The van der Waals surface area contributed by atoms with Gasteiger partial charge < -0.3 is 9.32 Å². The Hall–Kier alpha value is -2.96. The summed E-state index contributed by atoms with van der Waals surface area (Å²) in [6.07, 6.45) is -2.94. The second-order valence-corrected chi connectivity index (χ2v) is 9.46. The average molecular weight is 482 g/mol. The van der Waals surface area contributed by atoms with E-state index in [-0.39, 0.29) is 23.6 Å². The highest BCUT2D eigenvalue weighted by molar-refractivity contribution is 7.90. The standard InChI is InChI=1S/C21H22F3N5O3S/c1-27-9-11-28(12-10-27)33(30,31)29(17-5-3-2-4-6-17)14-16-8-7-15(13-18(16)22)20-25-26-21(32-20)19(23)24/h2-8,13,19H,9-12,14H2,1H3. The molecule has 1 fully saturated rings. The molecule has 0 N–H and O–H groups in total. The second-order valence-electron chi connectivity index (χ2n) is 7.60. The van der Waals surface area contributed by atoms with Crippen LogP contribution in [0.25, 0.3) is 11.5 Å². The van der Waals surface area contributed by atoms with Crippen molar-refractivity contribution in [2.45, 2.75) is 13.0 Å². The molecule has 3 aromatic rings. The quantitative estimate of drug-likeness (QED) is 0.515. The van der Waals surface area contributed by atoms with E-state index in [1.807, 2.05) is 11.9 Å². The van der Waals surface area contributed by atoms with Gasteiger partial charge in [0.25, 0.3) is 5.89 Å². The summed E-state index contributed by atoms with van der Waals surface area (Å²) in [6, 6.07) is 12.3. The Balaban J connectivity index is 1.64. The molecule has 1 aromatic heterocycles. The Morgan fingerprint density at radius 1 is 1.06 bits per heavy atom. The summed E-state index contributed by atoms with van der Waals surface area (Å²) >= 11 is 0. The number of benzene rings is 2. The number of likely N-dealkylation sites (N-methyl/N-ethyl adjacent to an activating group) is 1. The third-order valence-electron chi connectivity index (χ3n) is 5.35. The summed E-state index contributed by atoms with van der Waals surface area (Å²) in [5.74, 6) is -1.83. The molecular formula is C21H22F3N5O3S. The molecule has 0 amide bonds. The van der Waals surface area contributed by atoms with Crippen LogP contribution in [0, 0.1) is 5.82 Å². The third kappa shape index (κ3) is 5.02. The largest absolute Gasteiger partial charge is 0.415 e. The molecule has 0 spiro atoms. The lowest BCUT2D eigenvalue weighted by molar-refractivity contribution is 0.116. The zero-order valence-electron chi connectivity index (χ0n) is 17.7. The molecule has 12 heteroatoms. The van der Waals surface area contributed by atoms with Crippen molar-refractivity contribution < 1.29 is 26.0 Å². The minimum atomic E-state index is -3.93. The highest BCUT2D eigenvalue weighted by Crippen LogP contribution is 2.28. The molecule has 0 unspecified atom stereocenters. The fourth-order valence-corrected chi connectivity index (χ4v) is 5.06. The van der Waals surface area contributed by atoms with Gasteiger partial charge in [0.2, 0.25) is 5.89 Å². The number of alkyl halides is 2. The van der Waals surface area contributed by atoms with Crippen LogP contribution >= 0.6 is 0 Å². The average Bonchev–Trinajstić information content (AvgIpc) is 3.30. The van der Waals surface area contributed by atoms with Gasteiger partial charge in [0.05, 0.1) is 12.2 Å². The first-order chi connectivity index (χ1) is 15.8. The Morgan fingerprint density at radius 3 is 2.36 bits per heavy atom. The number of anilines is 1. The maximum atomic E-state index is 15.0. The van der Waals surface area contributed by atoms with Crippen molar-refractivity contribution in [3.05, 3.63) is 65.8 Å². The molecule has 0 radical (unpaired) electrons. The maximum Gasteiger partial charge on any atom is 0.314 e. The lowest BCUT2D eigenvalue weighted by Crippen LogP contribution is -2.52. The van der Waals surface area contributed by atoms with Crippen LogP contribution < -0.4 is 4.31 Å². The molecule has 1 aliphatic heterocycles. The van der Waals surface area contributed by atoms with Crippen LogP contribution in [0.2, 0.25) is 0 Å². The van der Waals surface area contributed by atoms with Crippen LogP contribution in [0.5, 0.6) is 0 Å². The third-order valence-corrected chi connectivity index (χ3v) is 7.27. The highest BCUT2D eigenvalue weighted by atomic mass is 32.2. The molecule has 4 rings (SSSR count). The Kier molecular flexibility index (Phi) is 6.68. The number of rotatable bonds is 7. The molecular weight excluding hydrogens is 459 g/mol. The van der Waals surface area contributed by atoms with Crippen molar-refractivity contribution in [2.24, 2.45) is 0 Å². The Labute approximate surface area is 189 Å². The monoisotopic (exact) mass is 481 g/mol. The minimum absolute atomic E-state index is 0.105. The molecule has 33 heavy (non-hydrogen) atoms. The SMILES string of the molecule is CN1CCN(S(=O)(=O)N(Cc2ccc(-c3nnc(C(F)F)o3)cc2F)c2ccccc2)CC1. The molecule has 0 aliphatic carbocycles. The second kappa shape index (κ2) is 9.49. The van der Waals surface area contributed by atoms with Crippen molar-refractivity contribution in [1.82, 2.24) is 19.4 Å². The zero-order chi connectivity index (χ0) is 23.6. The Morgan fingerprint density at radius 2 is 1.76 bits per heavy atom. The van der Waals surface area contributed by atoms with E-state index in [0.29, 0.717) is 31.9 Å². The van der Waals surface area contributed by atoms with Gasteiger partial charge in [0, 0.05) is 37.3 Å². The molecule has 8 nitrogen and oxygen atoms in total. The fourth-order valence-electron chi connectivity index (χ4n) is 3.46. The van der Waals surface area contributed by atoms with E-state index in [4.69, 9.17) is 4.42 Å². The molecule has 0 bridgehead atoms. The van der Waals surface area contributed by atoms with Crippen LogP contribution in [0.4, 0.5) is 18.9 Å². The van der Waals surface area contributed by atoms with Crippen molar-refractivity contribution >= 4 is 15.9 Å². The summed E-state index contributed by atoms with van der Waals surface area (Å²) < 4.78 is 74.7. The van der Waals surface area contributed by atoms with Crippen molar-refractivity contribution in [1.29, 1.82) is 0 Å². The van der Waals surface area contributed by atoms with Gasteiger partial charge in [-0.1, -0.05) is 24.3 Å². The summed E-state index contributed by atoms with van der Waals surface area (Å²) in [4.78, 5) is 2.04. The van der Waals surface area contributed by atoms with E-state index < -0.39 is 28.3 Å². The van der Waals surface area contributed by atoms with Crippen molar-refractivity contribution in [3.8, 4) is 11.5 Å². The number of hydrogen-bond acceptors (Lipinski definition) is 6. The number of aromatic nitrogens is 2. The van der Waals surface area contributed by atoms with E-state index in [0.717, 1.165) is 10.4 Å². The number of para-hydroxylation sites is 1. The van der Waals surface area contributed by atoms with Crippen LogP contribution in [0.1, 0.15) is 17.9 Å². The molecule has 2 aromatic carbocycles. The smallest absolute Gasteiger partial charge is 0.314 e.